The lowest BCUT2D eigenvalue weighted by atomic mass is 10.1. The van der Waals surface area contributed by atoms with Crippen molar-refractivity contribution in [2.45, 2.75) is 0 Å². The predicted octanol–water partition coefficient (Wildman–Crippen LogP) is 1.96. The number of rotatable bonds is 5. The monoisotopic (exact) mass is 378 g/mol. The highest BCUT2D eigenvalue weighted by Gasteiger charge is 2.22. The lowest BCUT2D eigenvalue weighted by molar-refractivity contribution is -0.127. The van der Waals surface area contributed by atoms with Gasteiger partial charge in [0.25, 0.3) is 11.8 Å². The van der Waals surface area contributed by atoms with E-state index >= 15 is 0 Å². The van der Waals surface area contributed by atoms with Gasteiger partial charge in [-0.2, -0.15) is 0 Å². The van der Waals surface area contributed by atoms with Crippen molar-refractivity contribution in [1.82, 2.24) is 15.5 Å². The van der Waals surface area contributed by atoms with Crippen LogP contribution in [0.25, 0.3) is 6.08 Å². The molecule has 1 aliphatic heterocycles. The number of amides is 2. The van der Waals surface area contributed by atoms with Crippen molar-refractivity contribution >= 4 is 23.6 Å². The molecule has 0 aliphatic carbocycles. The van der Waals surface area contributed by atoms with Crippen LogP contribution in [0.2, 0.25) is 0 Å². The summed E-state index contributed by atoms with van der Waals surface area (Å²) in [5.74, 6) is -0.456. The number of nitrogens with one attached hydrogen (secondary N) is 2. The first-order valence-corrected chi connectivity index (χ1v) is 9.40. The van der Waals surface area contributed by atoms with Crippen LogP contribution in [-0.2, 0) is 4.79 Å². The first kappa shape index (κ1) is 19.6. The van der Waals surface area contributed by atoms with E-state index in [1.165, 1.54) is 0 Å². The van der Waals surface area contributed by atoms with Crippen LogP contribution in [0.1, 0.15) is 15.9 Å². The smallest absolute Gasteiger partial charge is 0.270 e. The maximum atomic E-state index is 13.1. The Morgan fingerprint density at radius 3 is 2.25 bits per heavy atom. The molecule has 0 atom stereocenters. The molecule has 0 radical (unpaired) electrons. The molecule has 28 heavy (non-hydrogen) atoms. The van der Waals surface area contributed by atoms with E-state index in [-0.39, 0.29) is 17.5 Å². The van der Waals surface area contributed by atoms with Gasteiger partial charge < -0.3 is 20.4 Å². The molecule has 0 bridgehead atoms. The maximum Gasteiger partial charge on any atom is 0.270 e. The van der Waals surface area contributed by atoms with Gasteiger partial charge in [0.1, 0.15) is 5.70 Å². The highest BCUT2D eigenvalue weighted by molar-refractivity contribution is 6.05. The van der Waals surface area contributed by atoms with Crippen LogP contribution in [0.15, 0.2) is 60.3 Å². The van der Waals surface area contributed by atoms with Gasteiger partial charge in [-0.1, -0.05) is 30.3 Å². The van der Waals surface area contributed by atoms with E-state index < -0.39 is 0 Å². The van der Waals surface area contributed by atoms with Crippen LogP contribution in [-0.4, -0.2) is 57.0 Å². The topological polar surface area (TPSA) is 64.7 Å². The van der Waals surface area contributed by atoms with Gasteiger partial charge in [-0.15, -0.1) is 0 Å². The summed E-state index contributed by atoms with van der Waals surface area (Å²) < 4.78 is 0. The summed E-state index contributed by atoms with van der Waals surface area (Å²) in [5.41, 5.74) is 2.73. The molecule has 0 saturated carbocycles. The molecule has 0 spiro atoms. The fourth-order valence-corrected chi connectivity index (χ4v) is 3.01. The predicted molar refractivity (Wildman–Crippen MR) is 112 cm³/mol. The van der Waals surface area contributed by atoms with Gasteiger partial charge in [0.15, 0.2) is 0 Å². The lowest BCUT2D eigenvalue weighted by Gasteiger charge is -2.28. The Morgan fingerprint density at radius 2 is 1.64 bits per heavy atom. The molecule has 6 heteroatoms. The summed E-state index contributed by atoms with van der Waals surface area (Å²) in [4.78, 5) is 29.5. The number of piperazine rings is 1. The first-order chi connectivity index (χ1) is 13.5. The SMILES string of the molecule is CN(C)c1ccc(C=C(NC(=O)c2ccccc2)C(=O)N2CCNCC2)cc1. The molecule has 2 N–H and O–H groups in total. The summed E-state index contributed by atoms with van der Waals surface area (Å²) in [6.45, 7) is 2.75. The molecule has 0 unspecified atom stereocenters. The molecule has 1 heterocycles. The molecule has 1 aliphatic rings. The summed E-state index contributed by atoms with van der Waals surface area (Å²) in [6.07, 6.45) is 1.74. The number of carbonyl (C=O) groups is 2. The quantitative estimate of drug-likeness (QED) is 0.781. The van der Waals surface area contributed by atoms with E-state index in [1.54, 1.807) is 35.2 Å². The number of carbonyl (C=O) groups excluding carboxylic acids is 2. The summed E-state index contributed by atoms with van der Waals surface area (Å²) in [7, 11) is 3.95. The van der Waals surface area contributed by atoms with Crippen LogP contribution in [0.3, 0.4) is 0 Å². The third-order valence-corrected chi connectivity index (χ3v) is 4.64. The normalized spacial score (nSPS) is 14.5. The molecular weight excluding hydrogens is 352 g/mol. The number of hydrogen-bond acceptors (Lipinski definition) is 4. The molecule has 1 fully saturated rings. The second kappa shape index (κ2) is 9.19. The Kier molecular flexibility index (Phi) is 6.45. The van der Waals surface area contributed by atoms with Gasteiger partial charge in [-0.3, -0.25) is 9.59 Å². The van der Waals surface area contributed by atoms with Crippen LogP contribution < -0.4 is 15.5 Å². The minimum absolute atomic E-state index is 0.164. The Bertz CT molecular complexity index is 839. The molecule has 2 aromatic rings. The number of hydrogen-bond donors (Lipinski definition) is 2. The van der Waals surface area contributed by atoms with E-state index in [0.29, 0.717) is 18.7 Å². The van der Waals surface area contributed by atoms with Gasteiger partial charge in [0, 0.05) is 51.5 Å². The van der Waals surface area contributed by atoms with Crippen molar-refractivity contribution in [1.29, 1.82) is 0 Å². The fraction of sp³-hybridized carbons (Fsp3) is 0.273. The van der Waals surface area contributed by atoms with E-state index in [1.807, 2.05) is 49.3 Å². The number of anilines is 1. The van der Waals surface area contributed by atoms with Crippen LogP contribution in [0.4, 0.5) is 5.69 Å². The van der Waals surface area contributed by atoms with Crippen LogP contribution in [0, 0.1) is 0 Å². The van der Waals surface area contributed by atoms with E-state index in [0.717, 1.165) is 24.3 Å². The second-order valence-electron chi connectivity index (χ2n) is 6.91. The highest BCUT2D eigenvalue weighted by atomic mass is 16.2. The van der Waals surface area contributed by atoms with Crippen molar-refractivity contribution in [3.8, 4) is 0 Å². The zero-order chi connectivity index (χ0) is 19.9. The Hall–Kier alpha value is -3.12. The van der Waals surface area contributed by atoms with Gasteiger partial charge in [-0.25, -0.2) is 0 Å². The van der Waals surface area contributed by atoms with Gasteiger partial charge >= 0.3 is 0 Å². The molecular formula is C22H26N4O2. The van der Waals surface area contributed by atoms with Gasteiger partial charge in [-0.05, 0) is 35.9 Å². The highest BCUT2D eigenvalue weighted by Crippen LogP contribution is 2.15. The molecule has 6 nitrogen and oxygen atoms in total. The summed E-state index contributed by atoms with van der Waals surface area (Å²) in [5, 5.41) is 6.05. The van der Waals surface area contributed by atoms with Crippen molar-refractivity contribution < 1.29 is 9.59 Å². The van der Waals surface area contributed by atoms with Crippen LogP contribution >= 0.6 is 0 Å². The fourth-order valence-electron chi connectivity index (χ4n) is 3.01. The largest absolute Gasteiger partial charge is 0.378 e. The minimum Gasteiger partial charge on any atom is -0.378 e. The third-order valence-electron chi connectivity index (χ3n) is 4.64. The van der Waals surface area contributed by atoms with E-state index in [4.69, 9.17) is 0 Å². The summed E-state index contributed by atoms with van der Waals surface area (Å²) in [6, 6.07) is 16.8. The van der Waals surface area contributed by atoms with Crippen molar-refractivity contribution in [2.24, 2.45) is 0 Å². The Labute approximate surface area is 165 Å². The van der Waals surface area contributed by atoms with Gasteiger partial charge in [0.2, 0.25) is 0 Å². The molecule has 2 aromatic carbocycles. The van der Waals surface area contributed by atoms with E-state index in [2.05, 4.69) is 10.6 Å². The standard InChI is InChI=1S/C22H26N4O2/c1-25(2)19-10-8-17(9-11-19)16-20(22(28)26-14-12-23-13-15-26)24-21(27)18-6-4-3-5-7-18/h3-11,16,23H,12-15H2,1-2H3,(H,24,27). The average molecular weight is 378 g/mol. The Balaban J connectivity index is 1.86. The molecule has 1 saturated heterocycles. The first-order valence-electron chi connectivity index (χ1n) is 9.40. The lowest BCUT2D eigenvalue weighted by Crippen LogP contribution is -2.48. The zero-order valence-electron chi connectivity index (χ0n) is 16.3. The third kappa shape index (κ3) is 4.98. The summed E-state index contributed by atoms with van der Waals surface area (Å²) >= 11 is 0. The molecule has 0 aromatic heterocycles. The minimum atomic E-state index is -0.291. The van der Waals surface area contributed by atoms with E-state index in [9.17, 15) is 9.59 Å². The van der Waals surface area contributed by atoms with Crippen molar-refractivity contribution in [2.75, 3.05) is 45.2 Å². The second-order valence-corrected chi connectivity index (χ2v) is 6.91. The van der Waals surface area contributed by atoms with Crippen molar-refractivity contribution in [3.63, 3.8) is 0 Å². The Morgan fingerprint density at radius 1 is 1.00 bits per heavy atom. The van der Waals surface area contributed by atoms with Crippen LogP contribution in [0.5, 0.6) is 0 Å². The zero-order valence-corrected chi connectivity index (χ0v) is 16.3. The molecule has 3 rings (SSSR count). The van der Waals surface area contributed by atoms with Gasteiger partial charge in [0.05, 0.1) is 0 Å². The van der Waals surface area contributed by atoms with Crippen molar-refractivity contribution in [3.05, 3.63) is 71.4 Å². The number of benzene rings is 2. The molecule has 2 amide bonds. The molecule has 146 valence electrons. The number of nitrogens with zero attached hydrogens (tertiary/aromatic N) is 2. The maximum absolute atomic E-state index is 13.1. The average Bonchev–Trinajstić information content (AvgIpc) is 2.74.